The molecule has 0 fully saturated rings. The highest BCUT2D eigenvalue weighted by Crippen LogP contribution is 2.05. The SMILES string of the molecule is CCC(Cl)OC(=O)Cl.CCC(Cl)OC(=O)OC(C)C. The van der Waals surface area contributed by atoms with Crippen LogP contribution in [0.2, 0.25) is 0 Å². The molecule has 19 heavy (non-hydrogen) atoms. The van der Waals surface area contributed by atoms with E-state index in [9.17, 15) is 9.59 Å². The smallest absolute Gasteiger partial charge is 0.434 e. The molecule has 0 aliphatic rings. The molecule has 0 saturated carbocycles. The van der Waals surface area contributed by atoms with Crippen molar-refractivity contribution in [1.29, 1.82) is 0 Å². The molecule has 8 heteroatoms. The predicted molar refractivity (Wildman–Crippen MR) is 74.9 cm³/mol. The molecule has 0 bridgehead atoms. The highest BCUT2D eigenvalue weighted by Gasteiger charge is 2.11. The van der Waals surface area contributed by atoms with Crippen molar-refractivity contribution in [3.8, 4) is 0 Å². The van der Waals surface area contributed by atoms with Gasteiger partial charge in [0.1, 0.15) is 0 Å². The summed E-state index contributed by atoms with van der Waals surface area (Å²) >= 11 is 15.7. The van der Waals surface area contributed by atoms with Gasteiger partial charge in [0.2, 0.25) is 0 Å². The molecular formula is C11H19Cl3O5. The van der Waals surface area contributed by atoms with Crippen LogP contribution >= 0.6 is 34.8 Å². The lowest BCUT2D eigenvalue weighted by Gasteiger charge is -2.10. The van der Waals surface area contributed by atoms with Gasteiger partial charge in [-0.1, -0.05) is 37.0 Å². The molecule has 0 heterocycles. The Morgan fingerprint density at radius 3 is 1.63 bits per heavy atom. The van der Waals surface area contributed by atoms with Gasteiger partial charge in [0.05, 0.1) is 6.10 Å². The summed E-state index contributed by atoms with van der Waals surface area (Å²) in [6, 6.07) is 0. The van der Waals surface area contributed by atoms with Crippen LogP contribution in [0.3, 0.4) is 0 Å². The third-order valence-electron chi connectivity index (χ3n) is 1.42. The van der Waals surface area contributed by atoms with Gasteiger partial charge in [-0.05, 0) is 26.7 Å². The van der Waals surface area contributed by atoms with Gasteiger partial charge < -0.3 is 14.2 Å². The molecule has 5 nitrogen and oxygen atoms in total. The van der Waals surface area contributed by atoms with E-state index in [1.165, 1.54) is 0 Å². The number of ether oxygens (including phenoxy) is 3. The van der Waals surface area contributed by atoms with Gasteiger partial charge in [0, 0.05) is 11.6 Å². The van der Waals surface area contributed by atoms with Gasteiger partial charge in [-0.25, -0.2) is 9.59 Å². The zero-order chi connectivity index (χ0) is 15.4. The van der Waals surface area contributed by atoms with E-state index in [0.29, 0.717) is 12.8 Å². The minimum atomic E-state index is -0.855. The minimum Gasteiger partial charge on any atom is -0.434 e. The molecule has 0 aromatic rings. The maximum absolute atomic E-state index is 10.7. The lowest BCUT2D eigenvalue weighted by Crippen LogP contribution is -2.16. The van der Waals surface area contributed by atoms with Crippen LogP contribution < -0.4 is 0 Å². The Balaban J connectivity index is 0. The van der Waals surface area contributed by atoms with E-state index in [0.717, 1.165) is 0 Å². The summed E-state index contributed by atoms with van der Waals surface area (Å²) in [7, 11) is 0. The maximum atomic E-state index is 10.7. The van der Waals surface area contributed by atoms with Crippen molar-refractivity contribution in [3.05, 3.63) is 0 Å². The molecule has 0 spiro atoms. The lowest BCUT2D eigenvalue weighted by atomic mass is 10.5. The zero-order valence-corrected chi connectivity index (χ0v) is 13.6. The van der Waals surface area contributed by atoms with Crippen LogP contribution in [0.4, 0.5) is 9.59 Å². The molecular weight excluding hydrogens is 318 g/mol. The van der Waals surface area contributed by atoms with Crippen LogP contribution in [-0.2, 0) is 14.2 Å². The largest absolute Gasteiger partial charge is 0.510 e. The van der Waals surface area contributed by atoms with Crippen molar-refractivity contribution in [2.45, 2.75) is 57.8 Å². The summed E-state index contributed by atoms with van der Waals surface area (Å²) in [4.78, 5) is 20.6. The summed E-state index contributed by atoms with van der Waals surface area (Å²) in [5.74, 6) is 0. The number of hydrogen-bond donors (Lipinski definition) is 0. The fourth-order valence-corrected chi connectivity index (χ4v) is 0.899. The van der Waals surface area contributed by atoms with Crippen molar-refractivity contribution in [3.63, 3.8) is 0 Å². The Morgan fingerprint density at radius 1 is 0.947 bits per heavy atom. The molecule has 0 saturated heterocycles. The molecule has 2 unspecified atom stereocenters. The van der Waals surface area contributed by atoms with Crippen molar-refractivity contribution < 1.29 is 23.8 Å². The van der Waals surface area contributed by atoms with E-state index < -0.39 is 22.7 Å². The van der Waals surface area contributed by atoms with Gasteiger partial charge in [-0.15, -0.1) is 0 Å². The highest BCUT2D eigenvalue weighted by atomic mass is 35.5. The van der Waals surface area contributed by atoms with E-state index in [2.05, 4.69) is 14.2 Å². The Labute approximate surface area is 128 Å². The molecule has 114 valence electrons. The average Bonchev–Trinajstić information content (AvgIpc) is 2.27. The van der Waals surface area contributed by atoms with E-state index in [4.69, 9.17) is 34.8 Å². The normalized spacial score (nSPS) is 12.8. The first-order chi connectivity index (χ1) is 8.72. The van der Waals surface area contributed by atoms with E-state index in [-0.39, 0.29) is 6.10 Å². The first-order valence-electron chi connectivity index (χ1n) is 5.74. The molecule has 2 atom stereocenters. The maximum Gasteiger partial charge on any atom is 0.510 e. The first-order valence-corrected chi connectivity index (χ1v) is 6.99. The number of carbonyl (C=O) groups is 2. The van der Waals surface area contributed by atoms with Crippen LogP contribution in [0.1, 0.15) is 40.5 Å². The van der Waals surface area contributed by atoms with Gasteiger partial charge in [0.15, 0.2) is 11.1 Å². The Hall–Kier alpha value is -0.390. The van der Waals surface area contributed by atoms with Crippen LogP contribution in [0.15, 0.2) is 0 Å². The highest BCUT2D eigenvalue weighted by molar-refractivity contribution is 6.61. The van der Waals surface area contributed by atoms with Crippen LogP contribution in [-0.4, -0.2) is 28.8 Å². The number of alkyl halides is 2. The summed E-state index contributed by atoms with van der Waals surface area (Å²) in [5, 5.41) is 0. The zero-order valence-electron chi connectivity index (χ0n) is 11.3. The molecule has 0 aliphatic carbocycles. The van der Waals surface area contributed by atoms with Crippen molar-refractivity contribution in [1.82, 2.24) is 0 Å². The summed E-state index contributed by atoms with van der Waals surface area (Å²) < 4.78 is 13.6. The predicted octanol–water partition coefficient (Wildman–Crippen LogP) is 4.86. The average molecular weight is 338 g/mol. The number of rotatable bonds is 5. The molecule has 0 aromatic heterocycles. The van der Waals surface area contributed by atoms with Gasteiger partial charge >= 0.3 is 11.6 Å². The molecule has 0 amide bonds. The lowest BCUT2D eigenvalue weighted by molar-refractivity contribution is 0.0257. The molecule has 0 aromatic carbocycles. The molecule has 0 N–H and O–H groups in total. The summed E-state index contributed by atoms with van der Waals surface area (Å²) in [6.45, 7) is 7.10. The van der Waals surface area contributed by atoms with E-state index >= 15 is 0 Å². The molecule has 0 aliphatic heterocycles. The summed E-state index contributed by atoms with van der Waals surface area (Å²) in [5.41, 5.74) is -2.02. The number of halogens is 3. The standard InChI is InChI=1S/C7H13ClO3.C4H6Cl2O2/c1-4-6(8)11-7(9)10-5(2)3;1-2-3(5)8-4(6)7/h5-6H,4H2,1-3H3;3H,2H2,1H3. The third-order valence-corrected chi connectivity index (χ3v) is 2.30. The topological polar surface area (TPSA) is 61.8 Å². The first kappa shape index (κ1) is 20.9. The minimum absolute atomic E-state index is 0.164. The quantitative estimate of drug-likeness (QED) is 0.407. The van der Waals surface area contributed by atoms with Gasteiger partial charge in [0.25, 0.3) is 0 Å². The monoisotopic (exact) mass is 336 g/mol. The Morgan fingerprint density at radius 2 is 1.37 bits per heavy atom. The second kappa shape index (κ2) is 12.6. The van der Waals surface area contributed by atoms with Crippen LogP contribution in [0, 0.1) is 0 Å². The number of carbonyl (C=O) groups excluding carboxylic acids is 2. The molecule has 0 rings (SSSR count). The van der Waals surface area contributed by atoms with Crippen LogP contribution in [0.25, 0.3) is 0 Å². The fraction of sp³-hybridized carbons (Fsp3) is 0.818. The summed E-state index contributed by atoms with van der Waals surface area (Å²) in [6.07, 6.45) is 0.277. The Kier molecular flexibility index (Phi) is 13.9. The van der Waals surface area contributed by atoms with Crippen molar-refractivity contribution in [2.75, 3.05) is 0 Å². The van der Waals surface area contributed by atoms with Gasteiger partial charge in [-0.3, -0.25) is 0 Å². The van der Waals surface area contributed by atoms with Crippen LogP contribution in [0.5, 0.6) is 0 Å². The third kappa shape index (κ3) is 17.6. The van der Waals surface area contributed by atoms with Gasteiger partial charge in [-0.2, -0.15) is 0 Å². The fourth-order valence-electron chi connectivity index (χ4n) is 0.592. The molecule has 0 radical (unpaired) electrons. The van der Waals surface area contributed by atoms with Crippen molar-refractivity contribution in [2.24, 2.45) is 0 Å². The number of hydrogen-bond acceptors (Lipinski definition) is 5. The Bertz CT molecular complexity index is 261. The van der Waals surface area contributed by atoms with Crippen molar-refractivity contribution >= 4 is 46.4 Å². The van der Waals surface area contributed by atoms with E-state index in [1.54, 1.807) is 20.8 Å². The van der Waals surface area contributed by atoms with E-state index in [1.807, 2.05) is 6.92 Å². The second-order valence-electron chi connectivity index (χ2n) is 3.53. The second-order valence-corrected chi connectivity index (χ2v) is 4.81.